The quantitative estimate of drug-likeness (QED) is 0.899. The van der Waals surface area contributed by atoms with Gasteiger partial charge in [-0.25, -0.2) is 8.78 Å². The maximum Gasteiger partial charge on any atom is 0.159 e. The monoisotopic (exact) mass is 258 g/mol. The molecule has 0 aromatic heterocycles. The lowest BCUT2D eigenvalue weighted by molar-refractivity contribution is 0.112. The predicted octanol–water partition coefficient (Wildman–Crippen LogP) is 3.01. The molecule has 4 heteroatoms. The van der Waals surface area contributed by atoms with E-state index in [4.69, 9.17) is 0 Å². The summed E-state index contributed by atoms with van der Waals surface area (Å²) in [5.41, 5.74) is 0.659. The van der Waals surface area contributed by atoms with E-state index in [1.54, 1.807) is 0 Å². The summed E-state index contributed by atoms with van der Waals surface area (Å²) in [6, 6.07) is 3.83. The number of hydrogen-bond donors (Lipinski definition) is 1. The van der Waals surface area contributed by atoms with Crippen LogP contribution in [0.1, 0.15) is 18.4 Å². The van der Waals surface area contributed by atoms with Gasteiger partial charge < -0.3 is 5.11 Å². The van der Waals surface area contributed by atoms with E-state index in [9.17, 15) is 13.9 Å². The second-order valence-corrected chi connectivity index (χ2v) is 5.65. The van der Waals surface area contributed by atoms with Crippen LogP contribution in [0.25, 0.3) is 0 Å². The van der Waals surface area contributed by atoms with Crippen LogP contribution in [0.2, 0.25) is 0 Å². The van der Waals surface area contributed by atoms with Crippen molar-refractivity contribution in [3.8, 4) is 0 Å². The summed E-state index contributed by atoms with van der Waals surface area (Å²) < 4.78 is 25.8. The molecule has 0 radical (unpaired) electrons. The number of rotatable bonds is 3. The Bertz CT molecular complexity index is 378. The van der Waals surface area contributed by atoms with Gasteiger partial charge in [0.05, 0.1) is 6.10 Å². The Morgan fingerprint density at radius 2 is 2.18 bits per heavy atom. The Kier molecular flexibility index (Phi) is 4.40. The SMILES string of the molecule is OC(Cc1ccc(F)c(F)c1)C1CCCSC1. The first-order valence-electron chi connectivity index (χ1n) is 5.86. The van der Waals surface area contributed by atoms with Crippen molar-refractivity contribution in [1.29, 1.82) is 0 Å². The summed E-state index contributed by atoms with van der Waals surface area (Å²) in [5.74, 6) is 0.727. The average molecular weight is 258 g/mol. The van der Waals surface area contributed by atoms with E-state index >= 15 is 0 Å². The Labute approximate surface area is 104 Å². The molecule has 0 bridgehead atoms. The second-order valence-electron chi connectivity index (χ2n) is 4.50. The molecule has 2 rings (SSSR count). The molecule has 1 fully saturated rings. The molecule has 0 amide bonds. The predicted molar refractivity (Wildman–Crippen MR) is 66.1 cm³/mol. The summed E-state index contributed by atoms with van der Waals surface area (Å²) in [4.78, 5) is 0. The maximum absolute atomic E-state index is 13.0. The number of thioether (sulfide) groups is 1. The average Bonchev–Trinajstić information content (AvgIpc) is 2.35. The molecule has 1 heterocycles. The lowest BCUT2D eigenvalue weighted by Crippen LogP contribution is -2.27. The molecule has 1 aromatic rings. The van der Waals surface area contributed by atoms with E-state index in [0.717, 1.165) is 30.4 Å². The van der Waals surface area contributed by atoms with Crippen LogP contribution in [-0.4, -0.2) is 22.7 Å². The zero-order chi connectivity index (χ0) is 12.3. The molecule has 1 saturated heterocycles. The summed E-state index contributed by atoms with van der Waals surface area (Å²) in [5, 5.41) is 10.1. The Balaban J connectivity index is 1.96. The van der Waals surface area contributed by atoms with Gasteiger partial charge >= 0.3 is 0 Å². The van der Waals surface area contributed by atoms with E-state index in [-0.39, 0.29) is 5.92 Å². The lowest BCUT2D eigenvalue weighted by Gasteiger charge is -2.26. The molecule has 2 unspecified atom stereocenters. The fourth-order valence-corrected chi connectivity index (χ4v) is 3.37. The van der Waals surface area contributed by atoms with Crippen molar-refractivity contribution in [1.82, 2.24) is 0 Å². The molecule has 0 saturated carbocycles. The van der Waals surface area contributed by atoms with Gasteiger partial charge in [0.15, 0.2) is 11.6 Å². The fraction of sp³-hybridized carbons (Fsp3) is 0.538. The minimum absolute atomic E-state index is 0.280. The van der Waals surface area contributed by atoms with Gasteiger partial charge in [-0.3, -0.25) is 0 Å². The third-order valence-electron chi connectivity index (χ3n) is 3.17. The third-order valence-corrected chi connectivity index (χ3v) is 4.41. The highest BCUT2D eigenvalue weighted by Gasteiger charge is 2.22. The Morgan fingerprint density at radius 1 is 1.35 bits per heavy atom. The highest BCUT2D eigenvalue weighted by atomic mass is 32.2. The van der Waals surface area contributed by atoms with Crippen LogP contribution in [0, 0.1) is 17.6 Å². The minimum Gasteiger partial charge on any atom is -0.392 e. The molecule has 1 N–H and O–H groups in total. The van der Waals surface area contributed by atoms with Gasteiger partial charge in [0.2, 0.25) is 0 Å². The number of hydrogen-bond acceptors (Lipinski definition) is 2. The van der Waals surface area contributed by atoms with Gasteiger partial charge in [-0.05, 0) is 54.4 Å². The first-order chi connectivity index (χ1) is 8.16. The van der Waals surface area contributed by atoms with Crippen molar-refractivity contribution < 1.29 is 13.9 Å². The molecule has 1 nitrogen and oxygen atoms in total. The smallest absolute Gasteiger partial charge is 0.159 e. The van der Waals surface area contributed by atoms with E-state index in [1.165, 1.54) is 12.1 Å². The highest BCUT2D eigenvalue weighted by molar-refractivity contribution is 7.99. The van der Waals surface area contributed by atoms with E-state index < -0.39 is 17.7 Å². The largest absolute Gasteiger partial charge is 0.392 e. The van der Waals surface area contributed by atoms with Crippen molar-refractivity contribution in [2.24, 2.45) is 5.92 Å². The number of aliphatic hydroxyl groups excluding tert-OH is 1. The molecule has 2 atom stereocenters. The second kappa shape index (κ2) is 5.83. The Hall–Kier alpha value is -0.610. The lowest BCUT2D eigenvalue weighted by atomic mass is 9.93. The molecular formula is C13H16F2OS. The molecule has 17 heavy (non-hydrogen) atoms. The molecule has 0 aliphatic carbocycles. The molecule has 1 aliphatic rings. The van der Waals surface area contributed by atoms with Gasteiger partial charge in [0.25, 0.3) is 0 Å². The molecule has 1 aromatic carbocycles. The van der Waals surface area contributed by atoms with E-state index in [1.807, 2.05) is 11.8 Å². The normalized spacial score (nSPS) is 22.4. The maximum atomic E-state index is 13.0. The van der Waals surface area contributed by atoms with Gasteiger partial charge in [0, 0.05) is 0 Å². The first kappa shape index (κ1) is 12.8. The highest BCUT2D eigenvalue weighted by Crippen LogP contribution is 2.27. The minimum atomic E-state index is -0.840. The van der Waals surface area contributed by atoms with Gasteiger partial charge in [-0.15, -0.1) is 0 Å². The number of benzene rings is 1. The van der Waals surface area contributed by atoms with Crippen molar-refractivity contribution in [3.63, 3.8) is 0 Å². The van der Waals surface area contributed by atoms with Crippen LogP contribution in [-0.2, 0) is 6.42 Å². The van der Waals surface area contributed by atoms with Crippen molar-refractivity contribution in [2.45, 2.75) is 25.4 Å². The van der Waals surface area contributed by atoms with Gasteiger partial charge in [-0.2, -0.15) is 11.8 Å². The van der Waals surface area contributed by atoms with Crippen molar-refractivity contribution in [2.75, 3.05) is 11.5 Å². The van der Waals surface area contributed by atoms with Crippen molar-refractivity contribution >= 4 is 11.8 Å². The van der Waals surface area contributed by atoms with E-state index in [2.05, 4.69) is 0 Å². The van der Waals surface area contributed by atoms with Crippen LogP contribution in [0.4, 0.5) is 8.78 Å². The summed E-state index contributed by atoms with van der Waals surface area (Å²) in [7, 11) is 0. The van der Waals surface area contributed by atoms with Gasteiger partial charge in [0.1, 0.15) is 0 Å². The van der Waals surface area contributed by atoms with Crippen LogP contribution in [0.15, 0.2) is 18.2 Å². The fourth-order valence-electron chi connectivity index (χ4n) is 2.14. The molecule has 94 valence electrons. The van der Waals surface area contributed by atoms with Crippen LogP contribution in [0.5, 0.6) is 0 Å². The topological polar surface area (TPSA) is 20.2 Å². The number of halogens is 2. The zero-order valence-electron chi connectivity index (χ0n) is 9.53. The van der Waals surface area contributed by atoms with Crippen LogP contribution >= 0.6 is 11.8 Å². The third kappa shape index (κ3) is 3.42. The number of aliphatic hydroxyl groups is 1. The van der Waals surface area contributed by atoms with Gasteiger partial charge in [-0.1, -0.05) is 6.07 Å². The summed E-state index contributed by atoms with van der Waals surface area (Å²) in [6.07, 6.45) is 2.11. The van der Waals surface area contributed by atoms with Crippen molar-refractivity contribution in [3.05, 3.63) is 35.4 Å². The Morgan fingerprint density at radius 3 is 2.82 bits per heavy atom. The summed E-state index contributed by atoms with van der Waals surface area (Å²) in [6.45, 7) is 0. The standard InChI is InChI=1S/C13H16F2OS/c14-11-4-3-9(6-12(11)15)7-13(16)10-2-1-5-17-8-10/h3-4,6,10,13,16H,1-2,5,7-8H2. The molecule has 1 aliphatic heterocycles. The van der Waals surface area contributed by atoms with Crippen LogP contribution < -0.4 is 0 Å². The van der Waals surface area contributed by atoms with E-state index in [0.29, 0.717) is 12.0 Å². The molecular weight excluding hydrogens is 242 g/mol. The zero-order valence-corrected chi connectivity index (χ0v) is 10.4. The first-order valence-corrected chi connectivity index (χ1v) is 7.02. The molecule has 0 spiro atoms. The summed E-state index contributed by atoms with van der Waals surface area (Å²) >= 11 is 1.85. The van der Waals surface area contributed by atoms with Crippen LogP contribution in [0.3, 0.4) is 0 Å².